The minimum atomic E-state index is -4.52. The van der Waals surface area contributed by atoms with Gasteiger partial charge in [0.15, 0.2) is 0 Å². The number of hydrogen-bond acceptors (Lipinski definition) is 7. The lowest BCUT2D eigenvalue weighted by atomic mass is 9.78. The zero-order chi connectivity index (χ0) is 28.7. The van der Waals surface area contributed by atoms with Crippen molar-refractivity contribution in [2.75, 3.05) is 46.5 Å². The van der Waals surface area contributed by atoms with Gasteiger partial charge in [-0.1, -0.05) is 0 Å². The molecule has 220 valence electrons. The van der Waals surface area contributed by atoms with E-state index in [9.17, 15) is 27.6 Å². The zero-order valence-electron chi connectivity index (χ0n) is 22.8. The van der Waals surface area contributed by atoms with Crippen LogP contribution in [0.15, 0.2) is 12.3 Å². The molecule has 3 unspecified atom stereocenters. The Hall–Kier alpha value is -2.77. The van der Waals surface area contributed by atoms with E-state index in [2.05, 4.69) is 15.6 Å². The maximum Gasteiger partial charge on any atom is 0.417 e. The summed E-state index contributed by atoms with van der Waals surface area (Å²) in [5, 5.41) is 6.22. The number of fused-ring (bicyclic) bond motifs is 2. The summed E-state index contributed by atoms with van der Waals surface area (Å²) < 4.78 is 51.2. The molecule has 5 rings (SSSR count). The molecule has 1 aliphatic carbocycles. The molecule has 0 radical (unpaired) electrons. The number of pyridine rings is 1. The monoisotopic (exact) mass is 567 g/mol. The van der Waals surface area contributed by atoms with E-state index < -0.39 is 17.2 Å². The highest BCUT2D eigenvalue weighted by atomic mass is 19.4. The molecule has 0 bridgehead atoms. The first-order valence-electron chi connectivity index (χ1n) is 13.7. The lowest BCUT2D eigenvalue weighted by molar-refractivity contribution is -0.144. The molecule has 40 heavy (non-hydrogen) atoms. The average molecular weight is 568 g/mol. The molecule has 4 heterocycles. The number of carbonyl (C=O) groups excluding carboxylic acids is 3. The van der Waals surface area contributed by atoms with Gasteiger partial charge in [-0.25, -0.2) is 0 Å². The summed E-state index contributed by atoms with van der Waals surface area (Å²) in [4.78, 5) is 45.9. The number of nitrogens with zero attached hydrogens (tertiary/aromatic N) is 3. The largest absolute Gasteiger partial charge is 0.417 e. The standard InChI is InChI=1S/C27H36F3N5O5/c1-16(36)31-11-24(37)35-13-19-8-20(33-22-4-6-40-14-23(22)39-2)9-26(19,15-35)25(38)34-5-3-21-17(12-34)7-18(10-32-21)27(28,29)30/h7,10,19-20,22-23,33H,3-6,8-9,11-15H2,1-2H3,(H,31,36)/t19-,20?,22?,23?,26-/m0/s1. The number of rotatable bonds is 6. The molecule has 2 saturated heterocycles. The SMILES string of the molecule is COC1COCCC1NC1C[C@H]2CN(C(=O)CNC(C)=O)C[C@@]2(C(=O)N2CCc3ncc(C(F)(F)F)cc3C2)C1. The summed E-state index contributed by atoms with van der Waals surface area (Å²) >= 11 is 0. The van der Waals surface area contributed by atoms with Gasteiger partial charge in [0.25, 0.3) is 0 Å². The molecule has 3 aliphatic heterocycles. The fourth-order valence-corrected chi connectivity index (χ4v) is 6.84. The van der Waals surface area contributed by atoms with Crippen LogP contribution in [0, 0.1) is 11.3 Å². The highest BCUT2D eigenvalue weighted by Gasteiger charge is 2.59. The lowest BCUT2D eigenvalue weighted by Gasteiger charge is -2.37. The number of amides is 3. The third-order valence-corrected chi connectivity index (χ3v) is 8.85. The smallest absolute Gasteiger partial charge is 0.379 e. The molecule has 0 aromatic carbocycles. The van der Waals surface area contributed by atoms with Gasteiger partial charge in [0, 0.05) is 77.2 Å². The van der Waals surface area contributed by atoms with Crippen molar-refractivity contribution in [3.8, 4) is 0 Å². The van der Waals surface area contributed by atoms with Crippen molar-refractivity contribution in [2.24, 2.45) is 11.3 Å². The van der Waals surface area contributed by atoms with Gasteiger partial charge in [-0.15, -0.1) is 0 Å². The van der Waals surface area contributed by atoms with Gasteiger partial charge in [-0.3, -0.25) is 19.4 Å². The molecule has 3 amide bonds. The van der Waals surface area contributed by atoms with Crippen molar-refractivity contribution in [2.45, 2.75) is 63.5 Å². The van der Waals surface area contributed by atoms with E-state index in [0.29, 0.717) is 56.8 Å². The number of likely N-dealkylation sites (tertiary alicyclic amines) is 1. The van der Waals surface area contributed by atoms with Crippen molar-refractivity contribution in [3.05, 3.63) is 29.1 Å². The zero-order valence-corrected chi connectivity index (χ0v) is 22.8. The Labute approximate surface area is 230 Å². The Morgan fingerprint density at radius 2 is 2.08 bits per heavy atom. The van der Waals surface area contributed by atoms with Crippen molar-refractivity contribution in [3.63, 3.8) is 0 Å². The lowest BCUT2D eigenvalue weighted by Crippen LogP contribution is -2.52. The van der Waals surface area contributed by atoms with E-state index in [1.165, 1.54) is 6.92 Å². The van der Waals surface area contributed by atoms with Gasteiger partial charge in [0.05, 0.1) is 30.2 Å². The van der Waals surface area contributed by atoms with Crippen LogP contribution in [0.3, 0.4) is 0 Å². The number of methoxy groups -OCH3 is 1. The normalized spacial score (nSPS) is 30.1. The van der Waals surface area contributed by atoms with Crippen LogP contribution in [0.4, 0.5) is 13.2 Å². The van der Waals surface area contributed by atoms with Gasteiger partial charge >= 0.3 is 6.18 Å². The second kappa shape index (κ2) is 11.2. The molecular weight excluding hydrogens is 531 g/mol. The Balaban J connectivity index is 1.36. The third kappa shape index (κ3) is 5.68. The summed E-state index contributed by atoms with van der Waals surface area (Å²) in [5.41, 5.74) is -0.733. The maximum absolute atomic E-state index is 14.3. The summed E-state index contributed by atoms with van der Waals surface area (Å²) in [5.74, 6) is -0.838. The van der Waals surface area contributed by atoms with Crippen LogP contribution in [0.1, 0.15) is 43.0 Å². The number of alkyl halides is 3. The average Bonchev–Trinajstić information content (AvgIpc) is 3.45. The van der Waals surface area contributed by atoms with Crippen molar-refractivity contribution < 1.29 is 37.0 Å². The number of nitrogens with one attached hydrogen (secondary N) is 2. The molecule has 1 aromatic rings. The topological polar surface area (TPSA) is 113 Å². The quantitative estimate of drug-likeness (QED) is 0.530. The second-order valence-electron chi connectivity index (χ2n) is 11.4. The van der Waals surface area contributed by atoms with Crippen LogP contribution in [-0.4, -0.2) is 97.2 Å². The first-order valence-corrected chi connectivity index (χ1v) is 13.7. The van der Waals surface area contributed by atoms with Crippen molar-refractivity contribution >= 4 is 17.7 Å². The first-order chi connectivity index (χ1) is 19.0. The van der Waals surface area contributed by atoms with Crippen LogP contribution in [0.5, 0.6) is 0 Å². The third-order valence-electron chi connectivity index (χ3n) is 8.85. The second-order valence-corrected chi connectivity index (χ2v) is 11.4. The predicted molar refractivity (Wildman–Crippen MR) is 136 cm³/mol. The van der Waals surface area contributed by atoms with Gasteiger partial charge < -0.3 is 29.9 Å². The van der Waals surface area contributed by atoms with Gasteiger partial charge in [0.2, 0.25) is 17.7 Å². The maximum atomic E-state index is 14.3. The molecule has 0 spiro atoms. The van der Waals surface area contributed by atoms with Gasteiger partial charge in [-0.05, 0) is 36.8 Å². The fourth-order valence-electron chi connectivity index (χ4n) is 6.84. The van der Waals surface area contributed by atoms with Crippen molar-refractivity contribution in [1.82, 2.24) is 25.4 Å². The molecule has 10 nitrogen and oxygen atoms in total. The highest BCUT2D eigenvalue weighted by Crippen LogP contribution is 2.50. The Kier molecular flexibility index (Phi) is 8.08. The van der Waals surface area contributed by atoms with E-state index >= 15 is 0 Å². The molecule has 1 saturated carbocycles. The Bertz CT molecular complexity index is 1150. The number of aromatic nitrogens is 1. The van der Waals surface area contributed by atoms with Gasteiger partial charge in [-0.2, -0.15) is 13.2 Å². The van der Waals surface area contributed by atoms with Crippen LogP contribution in [0.2, 0.25) is 0 Å². The molecular formula is C27H36F3N5O5. The van der Waals surface area contributed by atoms with Gasteiger partial charge in [0.1, 0.15) is 0 Å². The summed E-state index contributed by atoms with van der Waals surface area (Å²) in [6, 6.07) is 1.17. The molecule has 13 heteroatoms. The van der Waals surface area contributed by atoms with E-state index in [-0.39, 0.29) is 61.5 Å². The summed E-state index contributed by atoms with van der Waals surface area (Å²) in [6.07, 6.45) is -1.47. The van der Waals surface area contributed by atoms with Crippen LogP contribution in [-0.2, 0) is 43.0 Å². The predicted octanol–water partition coefficient (Wildman–Crippen LogP) is 1.12. The van der Waals surface area contributed by atoms with E-state index in [4.69, 9.17) is 9.47 Å². The molecule has 3 fully saturated rings. The van der Waals surface area contributed by atoms with E-state index in [1.54, 1.807) is 16.9 Å². The molecule has 5 atom stereocenters. The summed E-state index contributed by atoms with van der Waals surface area (Å²) in [6.45, 7) is 3.28. The molecule has 1 aromatic heterocycles. The first kappa shape index (κ1) is 28.7. The summed E-state index contributed by atoms with van der Waals surface area (Å²) in [7, 11) is 1.65. The van der Waals surface area contributed by atoms with E-state index in [0.717, 1.165) is 18.7 Å². The van der Waals surface area contributed by atoms with Crippen LogP contribution < -0.4 is 10.6 Å². The van der Waals surface area contributed by atoms with Crippen LogP contribution in [0.25, 0.3) is 0 Å². The van der Waals surface area contributed by atoms with Crippen molar-refractivity contribution in [1.29, 1.82) is 0 Å². The number of carbonyl (C=O) groups is 3. The number of halogens is 3. The molecule has 2 N–H and O–H groups in total. The fraction of sp³-hybridized carbons (Fsp3) is 0.704. The minimum Gasteiger partial charge on any atom is -0.379 e. The van der Waals surface area contributed by atoms with Crippen LogP contribution >= 0.6 is 0 Å². The number of hydrogen-bond donors (Lipinski definition) is 2. The van der Waals surface area contributed by atoms with E-state index in [1.807, 2.05) is 0 Å². The Morgan fingerprint density at radius 3 is 2.80 bits per heavy atom. The Morgan fingerprint density at radius 1 is 1.27 bits per heavy atom. The number of ether oxygens (including phenoxy) is 2. The molecule has 4 aliphatic rings. The highest BCUT2D eigenvalue weighted by molar-refractivity contribution is 5.88. The minimum absolute atomic E-state index is 0.0119.